The second kappa shape index (κ2) is 5.38. The molecular weight excluding hydrogens is 226 g/mol. The molecule has 1 N–H and O–H groups in total. The predicted molar refractivity (Wildman–Crippen MR) is 72.6 cm³/mol. The number of carbonyl (C=O) groups is 1. The lowest BCUT2D eigenvalue weighted by Gasteiger charge is -2.19. The molecule has 1 aliphatic rings. The Labute approximate surface area is 108 Å². The van der Waals surface area contributed by atoms with Gasteiger partial charge in [0, 0.05) is 26.3 Å². The van der Waals surface area contributed by atoms with Gasteiger partial charge in [0.2, 0.25) is 0 Å². The van der Waals surface area contributed by atoms with E-state index in [1.54, 1.807) is 18.5 Å². The minimum atomic E-state index is 0.116. The summed E-state index contributed by atoms with van der Waals surface area (Å²) >= 11 is 0. The second-order valence-electron chi connectivity index (χ2n) is 5.22. The predicted octanol–water partition coefficient (Wildman–Crippen LogP) is 2.24. The molecule has 98 valence electrons. The Kier molecular flexibility index (Phi) is 3.84. The molecule has 0 bridgehead atoms. The monoisotopic (exact) mass is 247 g/mol. The molecule has 0 saturated carbocycles. The fourth-order valence-corrected chi connectivity index (χ4v) is 2.47. The Bertz CT molecular complexity index is 431. The molecule has 4 heteroatoms. The largest absolute Gasteiger partial charge is 0.386 e. The third-order valence-electron chi connectivity index (χ3n) is 3.78. The molecule has 1 amide bonds. The molecule has 18 heavy (non-hydrogen) atoms. The number of likely N-dealkylation sites (tertiary alicyclic amines) is 1. The van der Waals surface area contributed by atoms with E-state index in [-0.39, 0.29) is 5.91 Å². The van der Waals surface area contributed by atoms with Gasteiger partial charge in [0.15, 0.2) is 0 Å². The number of amides is 1. The van der Waals surface area contributed by atoms with E-state index in [9.17, 15) is 4.79 Å². The number of hydrogen-bond donors (Lipinski definition) is 1. The molecule has 0 aliphatic carbocycles. The van der Waals surface area contributed by atoms with Crippen molar-refractivity contribution in [3.63, 3.8) is 0 Å². The van der Waals surface area contributed by atoms with Gasteiger partial charge in [-0.1, -0.05) is 13.8 Å². The molecule has 1 aromatic rings. The summed E-state index contributed by atoms with van der Waals surface area (Å²) in [5.74, 6) is 1.39. The van der Waals surface area contributed by atoms with Gasteiger partial charge in [-0.15, -0.1) is 0 Å². The molecule has 2 rings (SSSR count). The quantitative estimate of drug-likeness (QED) is 0.891. The standard InChI is InChI=1S/C14H21N3O/c1-10(2)11-5-7-17(9-11)14(18)12-4-6-16-8-13(12)15-3/h4,6,8,10-11,15H,5,7,9H2,1-3H3. The van der Waals surface area contributed by atoms with Crippen LogP contribution in [0.25, 0.3) is 0 Å². The first-order valence-corrected chi connectivity index (χ1v) is 6.54. The maximum atomic E-state index is 12.5. The highest BCUT2D eigenvalue weighted by atomic mass is 16.2. The van der Waals surface area contributed by atoms with Crippen LogP contribution in [0.3, 0.4) is 0 Å². The van der Waals surface area contributed by atoms with Crippen LogP contribution in [0.4, 0.5) is 5.69 Å². The lowest BCUT2D eigenvalue weighted by molar-refractivity contribution is 0.0785. The first-order valence-electron chi connectivity index (χ1n) is 6.54. The normalized spacial score (nSPS) is 19.3. The maximum absolute atomic E-state index is 12.5. The summed E-state index contributed by atoms with van der Waals surface area (Å²) in [4.78, 5) is 18.4. The Morgan fingerprint density at radius 3 is 2.94 bits per heavy atom. The minimum Gasteiger partial charge on any atom is -0.386 e. The second-order valence-corrected chi connectivity index (χ2v) is 5.22. The van der Waals surface area contributed by atoms with Crippen LogP contribution in [0.1, 0.15) is 30.6 Å². The molecule has 0 aromatic carbocycles. The van der Waals surface area contributed by atoms with Crippen LogP contribution in [-0.4, -0.2) is 35.9 Å². The van der Waals surface area contributed by atoms with Crippen LogP contribution >= 0.6 is 0 Å². The van der Waals surface area contributed by atoms with Gasteiger partial charge in [-0.25, -0.2) is 0 Å². The molecule has 0 spiro atoms. The highest BCUT2D eigenvalue weighted by molar-refractivity contribution is 5.99. The van der Waals surface area contributed by atoms with Gasteiger partial charge in [-0.05, 0) is 24.3 Å². The number of nitrogens with one attached hydrogen (secondary N) is 1. The summed E-state index contributed by atoms with van der Waals surface area (Å²) in [5, 5.41) is 3.02. The van der Waals surface area contributed by atoms with Crippen LogP contribution in [0, 0.1) is 11.8 Å². The lowest BCUT2D eigenvalue weighted by Crippen LogP contribution is -2.30. The van der Waals surface area contributed by atoms with Crippen LogP contribution in [-0.2, 0) is 0 Å². The van der Waals surface area contributed by atoms with Gasteiger partial charge in [0.1, 0.15) is 0 Å². The molecular formula is C14H21N3O. The number of carbonyl (C=O) groups excluding carboxylic acids is 1. The van der Waals surface area contributed by atoms with Crippen molar-refractivity contribution >= 4 is 11.6 Å². The van der Waals surface area contributed by atoms with Crippen LogP contribution in [0.2, 0.25) is 0 Å². The van der Waals surface area contributed by atoms with Crippen LogP contribution in [0.15, 0.2) is 18.5 Å². The Morgan fingerprint density at radius 1 is 1.56 bits per heavy atom. The van der Waals surface area contributed by atoms with Gasteiger partial charge in [-0.2, -0.15) is 0 Å². The van der Waals surface area contributed by atoms with Gasteiger partial charge in [-0.3, -0.25) is 9.78 Å². The minimum absolute atomic E-state index is 0.116. The van der Waals surface area contributed by atoms with Crippen molar-refractivity contribution in [1.29, 1.82) is 0 Å². The number of hydrogen-bond acceptors (Lipinski definition) is 3. The van der Waals surface area contributed by atoms with E-state index in [0.29, 0.717) is 11.8 Å². The van der Waals surface area contributed by atoms with E-state index in [1.807, 2.05) is 11.9 Å². The molecule has 0 radical (unpaired) electrons. The zero-order valence-electron chi connectivity index (χ0n) is 11.3. The smallest absolute Gasteiger partial charge is 0.256 e. The third kappa shape index (κ3) is 2.47. The number of anilines is 1. The molecule has 1 aliphatic heterocycles. The molecule has 1 saturated heterocycles. The first kappa shape index (κ1) is 12.9. The molecule has 1 atom stereocenters. The van der Waals surface area contributed by atoms with E-state index in [4.69, 9.17) is 0 Å². The Balaban J connectivity index is 2.13. The lowest BCUT2D eigenvalue weighted by atomic mass is 9.95. The number of aromatic nitrogens is 1. The summed E-state index contributed by atoms with van der Waals surface area (Å²) in [5.41, 5.74) is 1.52. The molecule has 1 aromatic heterocycles. The summed E-state index contributed by atoms with van der Waals surface area (Å²) in [6.07, 6.45) is 4.48. The Hall–Kier alpha value is -1.58. The molecule has 1 fully saturated rings. The number of nitrogens with zero attached hydrogens (tertiary/aromatic N) is 2. The first-order chi connectivity index (χ1) is 8.63. The highest BCUT2D eigenvalue weighted by Gasteiger charge is 2.29. The van der Waals surface area contributed by atoms with Crippen molar-refractivity contribution in [1.82, 2.24) is 9.88 Å². The molecule has 1 unspecified atom stereocenters. The SMILES string of the molecule is CNc1cnccc1C(=O)N1CCC(C(C)C)C1. The maximum Gasteiger partial charge on any atom is 0.256 e. The molecule has 2 heterocycles. The van der Waals surface area contributed by atoms with Crippen molar-refractivity contribution in [2.75, 3.05) is 25.5 Å². The van der Waals surface area contributed by atoms with Crippen molar-refractivity contribution in [2.24, 2.45) is 11.8 Å². The topological polar surface area (TPSA) is 45.2 Å². The van der Waals surface area contributed by atoms with Gasteiger partial charge < -0.3 is 10.2 Å². The van der Waals surface area contributed by atoms with Crippen molar-refractivity contribution < 1.29 is 4.79 Å². The van der Waals surface area contributed by atoms with E-state index < -0.39 is 0 Å². The van der Waals surface area contributed by atoms with Crippen molar-refractivity contribution in [3.8, 4) is 0 Å². The van der Waals surface area contributed by atoms with E-state index >= 15 is 0 Å². The van der Waals surface area contributed by atoms with Crippen LogP contribution < -0.4 is 5.32 Å². The van der Waals surface area contributed by atoms with E-state index in [0.717, 1.165) is 30.8 Å². The fraction of sp³-hybridized carbons (Fsp3) is 0.571. The zero-order chi connectivity index (χ0) is 13.1. The number of pyridine rings is 1. The fourth-order valence-electron chi connectivity index (χ4n) is 2.47. The summed E-state index contributed by atoms with van der Waals surface area (Å²) in [7, 11) is 1.81. The average molecular weight is 247 g/mol. The third-order valence-corrected chi connectivity index (χ3v) is 3.78. The van der Waals surface area contributed by atoms with Gasteiger partial charge in [0.25, 0.3) is 5.91 Å². The van der Waals surface area contributed by atoms with E-state index in [2.05, 4.69) is 24.1 Å². The molecule has 4 nitrogen and oxygen atoms in total. The highest BCUT2D eigenvalue weighted by Crippen LogP contribution is 2.26. The summed E-state index contributed by atoms with van der Waals surface area (Å²) in [6, 6.07) is 1.79. The zero-order valence-corrected chi connectivity index (χ0v) is 11.3. The van der Waals surface area contributed by atoms with E-state index in [1.165, 1.54) is 0 Å². The number of rotatable bonds is 3. The summed E-state index contributed by atoms with van der Waals surface area (Å²) in [6.45, 7) is 6.20. The Morgan fingerprint density at radius 2 is 2.33 bits per heavy atom. The van der Waals surface area contributed by atoms with Crippen molar-refractivity contribution in [2.45, 2.75) is 20.3 Å². The average Bonchev–Trinajstić information content (AvgIpc) is 2.87. The summed E-state index contributed by atoms with van der Waals surface area (Å²) < 4.78 is 0. The van der Waals surface area contributed by atoms with Gasteiger partial charge >= 0.3 is 0 Å². The van der Waals surface area contributed by atoms with Crippen molar-refractivity contribution in [3.05, 3.63) is 24.0 Å². The van der Waals surface area contributed by atoms with Gasteiger partial charge in [0.05, 0.1) is 17.4 Å². The van der Waals surface area contributed by atoms with Crippen LogP contribution in [0.5, 0.6) is 0 Å².